The van der Waals surface area contributed by atoms with Crippen LogP contribution in [0.15, 0.2) is 17.2 Å². The van der Waals surface area contributed by atoms with Crippen molar-refractivity contribution in [2.24, 2.45) is 0 Å². The molecule has 21 heavy (non-hydrogen) atoms. The number of sulfonamides is 1. The topological polar surface area (TPSA) is 102 Å². The van der Waals surface area contributed by atoms with Gasteiger partial charge in [0.1, 0.15) is 10.6 Å². The van der Waals surface area contributed by atoms with Crippen LogP contribution in [0, 0.1) is 0 Å². The van der Waals surface area contributed by atoms with Crippen LogP contribution in [-0.4, -0.2) is 54.0 Å². The van der Waals surface area contributed by atoms with Crippen molar-refractivity contribution in [2.75, 3.05) is 19.7 Å². The molecule has 8 heteroatoms. The number of aromatic amines is 1. The zero-order chi connectivity index (χ0) is 15.1. The fourth-order valence-corrected chi connectivity index (χ4v) is 4.03. The lowest BCUT2D eigenvalue weighted by Gasteiger charge is -2.14. The summed E-state index contributed by atoms with van der Waals surface area (Å²) >= 11 is 0. The Hall–Kier alpha value is -1.38. The van der Waals surface area contributed by atoms with Crippen LogP contribution in [0.25, 0.3) is 0 Å². The highest BCUT2D eigenvalue weighted by Gasteiger charge is 2.43. The largest absolute Gasteiger partial charge is 0.394 e. The Balaban J connectivity index is 1.75. The van der Waals surface area contributed by atoms with Crippen LogP contribution in [0.5, 0.6) is 0 Å². The van der Waals surface area contributed by atoms with E-state index in [1.165, 1.54) is 16.6 Å². The zero-order valence-electron chi connectivity index (χ0n) is 11.6. The van der Waals surface area contributed by atoms with Crippen molar-refractivity contribution >= 4 is 15.9 Å². The molecule has 1 aliphatic carbocycles. The second kappa shape index (κ2) is 5.11. The first-order chi connectivity index (χ1) is 9.97. The van der Waals surface area contributed by atoms with Gasteiger partial charge in [-0.1, -0.05) is 0 Å². The maximum atomic E-state index is 12.4. The van der Waals surface area contributed by atoms with E-state index in [2.05, 4.69) is 10.3 Å². The van der Waals surface area contributed by atoms with Crippen molar-refractivity contribution in [3.05, 3.63) is 18.0 Å². The maximum Gasteiger partial charge on any atom is 0.268 e. The Labute approximate surface area is 123 Å². The van der Waals surface area contributed by atoms with Crippen molar-refractivity contribution in [3.63, 3.8) is 0 Å². The van der Waals surface area contributed by atoms with Gasteiger partial charge in [-0.15, -0.1) is 0 Å². The number of aliphatic hydroxyl groups excluding tert-OH is 1. The third kappa shape index (κ3) is 2.70. The number of carbonyl (C=O) groups is 1. The van der Waals surface area contributed by atoms with Gasteiger partial charge in [-0.05, 0) is 31.7 Å². The van der Waals surface area contributed by atoms with Gasteiger partial charge < -0.3 is 15.4 Å². The minimum absolute atomic E-state index is 0.0988. The fraction of sp³-hybridized carbons (Fsp3) is 0.615. The Morgan fingerprint density at radius 1 is 1.38 bits per heavy atom. The van der Waals surface area contributed by atoms with E-state index in [0.29, 0.717) is 13.1 Å². The molecule has 0 spiro atoms. The Morgan fingerprint density at radius 3 is 2.62 bits per heavy atom. The predicted octanol–water partition coefficient (Wildman–Crippen LogP) is 0.0539. The van der Waals surface area contributed by atoms with E-state index in [1.807, 2.05) is 0 Å². The van der Waals surface area contributed by atoms with Crippen molar-refractivity contribution in [3.8, 4) is 0 Å². The van der Waals surface area contributed by atoms with E-state index < -0.39 is 15.6 Å². The van der Waals surface area contributed by atoms with Gasteiger partial charge in [0.25, 0.3) is 5.91 Å². The predicted molar refractivity (Wildman–Crippen MR) is 75.3 cm³/mol. The first-order valence-corrected chi connectivity index (χ1v) is 8.53. The summed E-state index contributed by atoms with van der Waals surface area (Å²) in [6.07, 6.45) is 4.58. The van der Waals surface area contributed by atoms with E-state index in [9.17, 15) is 18.3 Å². The lowest BCUT2D eigenvalue weighted by Crippen LogP contribution is -2.39. The summed E-state index contributed by atoms with van der Waals surface area (Å²) in [6, 6.07) is 1.36. The molecule has 0 atom stereocenters. The molecule has 1 saturated heterocycles. The van der Waals surface area contributed by atoms with Gasteiger partial charge in [0.2, 0.25) is 10.0 Å². The molecule has 2 fully saturated rings. The van der Waals surface area contributed by atoms with E-state index in [0.717, 1.165) is 25.7 Å². The summed E-state index contributed by atoms with van der Waals surface area (Å²) in [7, 11) is -3.51. The molecule has 1 saturated carbocycles. The monoisotopic (exact) mass is 313 g/mol. The van der Waals surface area contributed by atoms with E-state index >= 15 is 0 Å². The summed E-state index contributed by atoms with van der Waals surface area (Å²) in [5, 5.41) is 11.9. The van der Waals surface area contributed by atoms with E-state index in [4.69, 9.17) is 0 Å². The Morgan fingerprint density at radius 2 is 2.05 bits per heavy atom. The SMILES string of the molecule is O=C(NC1(CO)CC1)c1cc(S(=O)(=O)N2CCCC2)c[nH]1. The summed E-state index contributed by atoms with van der Waals surface area (Å²) < 4.78 is 26.2. The molecule has 0 aromatic carbocycles. The van der Waals surface area contributed by atoms with Gasteiger partial charge in [-0.2, -0.15) is 4.31 Å². The molecule has 2 aliphatic rings. The molecule has 3 N–H and O–H groups in total. The highest BCUT2D eigenvalue weighted by atomic mass is 32.2. The quantitative estimate of drug-likeness (QED) is 0.715. The van der Waals surface area contributed by atoms with Crippen LogP contribution < -0.4 is 5.32 Å². The first-order valence-electron chi connectivity index (χ1n) is 7.09. The van der Waals surface area contributed by atoms with Gasteiger partial charge in [0, 0.05) is 19.3 Å². The zero-order valence-corrected chi connectivity index (χ0v) is 12.4. The maximum absolute atomic E-state index is 12.4. The number of nitrogens with one attached hydrogen (secondary N) is 2. The molecule has 116 valence electrons. The molecule has 2 heterocycles. The highest BCUT2D eigenvalue weighted by molar-refractivity contribution is 7.89. The van der Waals surface area contributed by atoms with Crippen LogP contribution >= 0.6 is 0 Å². The van der Waals surface area contributed by atoms with Gasteiger partial charge in [-0.25, -0.2) is 8.42 Å². The van der Waals surface area contributed by atoms with Crippen molar-refractivity contribution < 1.29 is 18.3 Å². The number of hydrogen-bond acceptors (Lipinski definition) is 4. The molecule has 7 nitrogen and oxygen atoms in total. The van der Waals surface area contributed by atoms with E-state index in [1.54, 1.807) is 0 Å². The third-order valence-electron chi connectivity index (χ3n) is 4.14. The molecule has 1 amide bonds. The Bertz CT molecular complexity index is 642. The standard InChI is InChI=1S/C13H19N3O4S/c17-9-13(3-4-13)15-12(18)11-7-10(8-14-11)21(19,20)16-5-1-2-6-16/h7-8,14,17H,1-6,9H2,(H,15,18). The molecule has 0 radical (unpaired) electrons. The van der Waals surface area contributed by atoms with Crippen LogP contribution in [0.3, 0.4) is 0 Å². The lowest BCUT2D eigenvalue weighted by molar-refractivity contribution is 0.0902. The number of aliphatic hydroxyl groups is 1. The summed E-state index contributed by atoms with van der Waals surface area (Å²) in [6.45, 7) is 0.962. The van der Waals surface area contributed by atoms with Crippen molar-refractivity contribution in [2.45, 2.75) is 36.1 Å². The smallest absolute Gasteiger partial charge is 0.268 e. The minimum atomic E-state index is -3.51. The van der Waals surface area contributed by atoms with Gasteiger partial charge >= 0.3 is 0 Å². The van der Waals surface area contributed by atoms with Crippen LogP contribution in [-0.2, 0) is 10.0 Å². The normalized spacial score (nSPS) is 21.4. The number of amides is 1. The number of hydrogen-bond donors (Lipinski definition) is 3. The van der Waals surface area contributed by atoms with Crippen LogP contribution in [0.2, 0.25) is 0 Å². The third-order valence-corrected chi connectivity index (χ3v) is 6.02. The fourth-order valence-electron chi connectivity index (χ4n) is 2.51. The number of carbonyl (C=O) groups excluding carboxylic acids is 1. The lowest BCUT2D eigenvalue weighted by atomic mass is 10.2. The van der Waals surface area contributed by atoms with E-state index in [-0.39, 0.29) is 23.1 Å². The number of nitrogens with zero attached hydrogens (tertiary/aromatic N) is 1. The molecule has 3 rings (SSSR count). The van der Waals surface area contributed by atoms with Crippen LogP contribution in [0.4, 0.5) is 0 Å². The Kier molecular flexibility index (Phi) is 3.54. The summed E-state index contributed by atoms with van der Waals surface area (Å²) in [5.41, 5.74) is -0.316. The number of rotatable bonds is 5. The molecular formula is C13H19N3O4S. The summed E-state index contributed by atoms with van der Waals surface area (Å²) in [4.78, 5) is 14.9. The van der Waals surface area contributed by atoms with Crippen molar-refractivity contribution in [1.29, 1.82) is 0 Å². The van der Waals surface area contributed by atoms with Gasteiger partial charge in [-0.3, -0.25) is 4.79 Å². The highest BCUT2D eigenvalue weighted by Crippen LogP contribution is 2.34. The van der Waals surface area contributed by atoms with Crippen molar-refractivity contribution in [1.82, 2.24) is 14.6 Å². The second-order valence-electron chi connectivity index (χ2n) is 5.75. The van der Waals surface area contributed by atoms with Gasteiger partial charge in [0.05, 0.1) is 12.1 Å². The average molecular weight is 313 g/mol. The summed E-state index contributed by atoms with van der Waals surface area (Å²) in [5.74, 6) is -0.385. The van der Waals surface area contributed by atoms with Crippen LogP contribution in [0.1, 0.15) is 36.2 Å². The average Bonchev–Trinajstić information content (AvgIpc) is 2.93. The number of H-pyrrole nitrogens is 1. The molecule has 1 aliphatic heterocycles. The molecule has 1 aromatic rings. The minimum Gasteiger partial charge on any atom is -0.394 e. The number of aromatic nitrogens is 1. The second-order valence-corrected chi connectivity index (χ2v) is 7.69. The first kappa shape index (κ1) is 14.6. The molecule has 0 bridgehead atoms. The molecule has 1 aromatic heterocycles. The molecular weight excluding hydrogens is 294 g/mol. The molecule has 0 unspecified atom stereocenters. The van der Waals surface area contributed by atoms with Gasteiger partial charge in [0.15, 0.2) is 0 Å².